The number of aryl methyl sites for hydroxylation is 2. The van der Waals surface area contributed by atoms with Gasteiger partial charge >= 0.3 is 0 Å². The van der Waals surface area contributed by atoms with Gasteiger partial charge in [-0.15, -0.1) is 0 Å². The molecule has 0 fully saturated rings. The Kier molecular flexibility index (Phi) is 5.83. The molecule has 0 saturated heterocycles. The van der Waals surface area contributed by atoms with E-state index in [9.17, 15) is 4.39 Å². The number of hydrogen-bond donors (Lipinski definition) is 1. The van der Waals surface area contributed by atoms with E-state index >= 15 is 0 Å². The van der Waals surface area contributed by atoms with Crippen LogP contribution in [0.1, 0.15) is 11.1 Å². The Morgan fingerprint density at radius 3 is 2.55 bits per heavy atom. The maximum absolute atomic E-state index is 13.4. The van der Waals surface area contributed by atoms with Gasteiger partial charge in [0, 0.05) is 5.75 Å². The minimum absolute atomic E-state index is 0.257. The standard InChI is InChI=1S/C17H19FN2OS/c1-12-9-13(2)11-14(10-12)20-17(19)22-8-7-21-16-6-4-3-5-15(16)18/h3-6,9-11H,7-8H2,1-2H3,(H2,19,20). The van der Waals surface area contributed by atoms with E-state index in [0.29, 0.717) is 17.5 Å². The number of amidine groups is 1. The van der Waals surface area contributed by atoms with Crippen LogP contribution in [0.25, 0.3) is 0 Å². The lowest BCUT2D eigenvalue weighted by Gasteiger charge is -2.06. The molecule has 5 heteroatoms. The van der Waals surface area contributed by atoms with Crippen LogP contribution in [0.5, 0.6) is 5.75 Å². The number of hydrogen-bond acceptors (Lipinski definition) is 3. The van der Waals surface area contributed by atoms with Crippen molar-refractivity contribution in [3.05, 3.63) is 59.4 Å². The molecule has 0 unspecified atom stereocenters. The fraction of sp³-hybridized carbons (Fsp3) is 0.235. The summed E-state index contributed by atoms with van der Waals surface area (Å²) in [6.07, 6.45) is 0. The molecule has 22 heavy (non-hydrogen) atoms. The lowest BCUT2D eigenvalue weighted by molar-refractivity contribution is 0.325. The third kappa shape index (κ3) is 5.07. The Bertz CT molecular complexity index is 653. The van der Waals surface area contributed by atoms with Crippen molar-refractivity contribution < 1.29 is 9.13 Å². The van der Waals surface area contributed by atoms with Gasteiger partial charge in [-0.25, -0.2) is 9.38 Å². The highest BCUT2D eigenvalue weighted by Crippen LogP contribution is 2.19. The third-order valence-corrected chi connectivity index (χ3v) is 3.63. The first kappa shape index (κ1) is 16.4. The van der Waals surface area contributed by atoms with Gasteiger partial charge in [-0.2, -0.15) is 0 Å². The molecule has 0 bridgehead atoms. The molecule has 0 spiro atoms. The van der Waals surface area contributed by atoms with Crippen molar-refractivity contribution in [1.82, 2.24) is 0 Å². The topological polar surface area (TPSA) is 47.6 Å². The van der Waals surface area contributed by atoms with Gasteiger partial charge in [0.1, 0.15) is 0 Å². The van der Waals surface area contributed by atoms with Gasteiger partial charge in [-0.3, -0.25) is 0 Å². The fourth-order valence-electron chi connectivity index (χ4n) is 2.03. The van der Waals surface area contributed by atoms with Gasteiger partial charge in [-0.05, 0) is 49.2 Å². The molecule has 116 valence electrons. The fourth-order valence-corrected chi connectivity index (χ4v) is 2.58. The Hall–Kier alpha value is -2.01. The SMILES string of the molecule is Cc1cc(C)cc(N=C(N)SCCOc2ccccc2F)c1. The Morgan fingerprint density at radius 1 is 1.18 bits per heavy atom. The van der Waals surface area contributed by atoms with Gasteiger partial charge in [0.25, 0.3) is 0 Å². The molecular weight excluding hydrogens is 299 g/mol. The van der Waals surface area contributed by atoms with Crippen LogP contribution in [-0.4, -0.2) is 17.5 Å². The van der Waals surface area contributed by atoms with Crippen molar-refractivity contribution in [2.45, 2.75) is 13.8 Å². The largest absolute Gasteiger partial charge is 0.490 e. The quantitative estimate of drug-likeness (QED) is 0.510. The molecule has 2 aromatic rings. The van der Waals surface area contributed by atoms with Crippen LogP contribution >= 0.6 is 11.8 Å². The maximum Gasteiger partial charge on any atom is 0.165 e. The van der Waals surface area contributed by atoms with Crippen molar-refractivity contribution >= 4 is 22.6 Å². The lowest BCUT2D eigenvalue weighted by atomic mass is 10.1. The summed E-state index contributed by atoms with van der Waals surface area (Å²) in [5.41, 5.74) is 9.05. The predicted molar refractivity (Wildman–Crippen MR) is 91.6 cm³/mol. The highest BCUT2D eigenvalue weighted by Gasteiger charge is 2.02. The summed E-state index contributed by atoms with van der Waals surface area (Å²) in [6, 6.07) is 12.4. The second kappa shape index (κ2) is 7.84. The first-order valence-electron chi connectivity index (χ1n) is 6.97. The average Bonchev–Trinajstić information content (AvgIpc) is 2.44. The van der Waals surface area contributed by atoms with E-state index in [2.05, 4.69) is 11.1 Å². The summed E-state index contributed by atoms with van der Waals surface area (Å²) in [5, 5.41) is 0.474. The molecule has 0 aliphatic heterocycles. The molecule has 0 saturated carbocycles. The Labute approximate surface area is 134 Å². The van der Waals surface area contributed by atoms with E-state index in [0.717, 1.165) is 16.8 Å². The van der Waals surface area contributed by atoms with Crippen LogP contribution in [0.4, 0.5) is 10.1 Å². The highest BCUT2D eigenvalue weighted by atomic mass is 32.2. The minimum Gasteiger partial charge on any atom is -0.490 e. The zero-order valence-corrected chi connectivity index (χ0v) is 13.5. The Morgan fingerprint density at radius 2 is 1.86 bits per heavy atom. The molecule has 3 nitrogen and oxygen atoms in total. The lowest BCUT2D eigenvalue weighted by Crippen LogP contribution is -2.10. The molecule has 0 atom stereocenters. The second-order valence-electron chi connectivity index (χ2n) is 4.92. The zero-order valence-electron chi connectivity index (χ0n) is 12.7. The molecule has 0 radical (unpaired) electrons. The summed E-state index contributed by atoms with van der Waals surface area (Å²) in [7, 11) is 0. The zero-order chi connectivity index (χ0) is 15.9. The van der Waals surface area contributed by atoms with Crippen molar-refractivity contribution in [3.63, 3.8) is 0 Å². The number of rotatable bonds is 5. The van der Waals surface area contributed by atoms with Gasteiger partial charge in [-0.1, -0.05) is 30.0 Å². The molecule has 2 N–H and O–H groups in total. The monoisotopic (exact) mass is 318 g/mol. The van der Waals surface area contributed by atoms with Crippen LogP contribution in [0.15, 0.2) is 47.5 Å². The first-order chi connectivity index (χ1) is 10.5. The van der Waals surface area contributed by atoms with Crippen molar-refractivity contribution in [1.29, 1.82) is 0 Å². The second-order valence-corrected chi connectivity index (χ2v) is 6.04. The molecule has 0 aromatic heterocycles. The van der Waals surface area contributed by atoms with Crippen LogP contribution in [0.2, 0.25) is 0 Å². The molecular formula is C17H19FN2OS. The molecule has 0 aliphatic rings. The van der Waals surface area contributed by atoms with E-state index in [4.69, 9.17) is 10.5 Å². The maximum atomic E-state index is 13.4. The van der Waals surface area contributed by atoms with Gasteiger partial charge < -0.3 is 10.5 Å². The smallest absolute Gasteiger partial charge is 0.165 e. The number of nitrogens with zero attached hydrogens (tertiary/aromatic N) is 1. The Balaban J connectivity index is 1.83. The summed E-state index contributed by atoms with van der Waals surface area (Å²) in [6.45, 7) is 4.42. The molecule has 2 aromatic carbocycles. The van der Waals surface area contributed by atoms with Crippen LogP contribution in [0.3, 0.4) is 0 Å². The van der Waals surface area contributed by atoms with Crippen molar-refractivity contribution in [3.8, 4) is 5.75 Å². The highest BCUT2D eigenvalue weighted by molar-refractivity contribution is 8.13. The summed E-state index contributed by atoms with van der Waals surface area (Å²) in [5.74, 6) is 0.506. The number of nitrogens with two attached hydrogens (primary N) is 1. The average molecular weight is 318 g/mol. The van der Waals surface area contributed by atoms with Crippen LogP contribution in [-0.2, 0) is 0 Å². The number of halogens is 1. The summed E-state index contributed by atoms with van der Waals surface area (Å²) >= 11 is 1.39. The number of ether oxygens (including phenoxy) is 1. The molecule has 0 aliphatic carbocycles. The number of benzene rings is 2. The van der Waals surface area contributed by atoms with E-state index in [-0.39, 0.29) is 11.6 Å². The molecule has 2 rings (SSSR count). The molecule has 0 heterocycles. The van der Waals surface area contributed by atoms with Gasteiger partial charge in [0.2, 0.25) is 0 Å². The van der Waals surface area contributed by atoms with E-state index in [1.165, 1.54) is 17.8 Å². The normalized spacial score (nSPS) is 11.5. The third-order valence-electron chi connectivity index (χ3n) is 2.87. The van der Waals surface area contributed by atoms with E-state index in [1.54, 1.807) is 18.2 Å². The summed E-state index contributed by atoms with van der Waals surface area (Å²) < 4.78 is 18.7. The van der Waals surface area contributed by atoms with Crippen molar-refractivity contribution in [2.24, 2.45) is 10.7 Å². The summed E-state index contributed by atoms with van der Waals surface area (Å²) in [4.78, 5) is 4.37. The van der Waals surface area contributed by atoms with E-state index < -0.39 is 0 Å². The number of aliphatic imine (C=N–C) groups is 1. The van der Waals surface area contributed by atoms with Gasteiger partial charge in [0.05, 0.1) is 12.3 Å². The first-order valence-corrected chi connectivity index (χ1v) is 7.96. The number of thioether (sulfide) groups is 1. The van der Waals surface area contributed by atoms with Crippen molar-refractivity contribution in [2.75, 3.05) is 12.4 Å². The van der Waals surface area contributed by atoms with Crippen LogP contribution < -0.4 is 10.5 Å². The minimum atomic E-state index is -0.357. The van der Waals surface area contributed by atoms with Crippen LogP contribution in [0, 0.1) is 19.7 Å². The molecule has 0 amide bonds. The number of para-hydroxylation sites is 1. The van der Waals surface area contributed by atoms with Gasteiger partial charge in [0.15, 0.2) is 16.7 Å². The van der Waals surface area contributed by atoms with E-state index in [1.807, 2.05) is 26.0 Å². The predicted octanol–water partition coefficient (Wildman–Crippen LogP) is 4.20.